The van der Waals surface area contributed by atoms with Gasteiger partial charge in [0, 0.05) is 23.7 Å². The Morgan fingerprint density at radius 2 is 1.85 bits per heavy atom. The molecule has 1 heterocycles. The molecule has 0 spiro atoms. The van der Waals surface area contributed by atoms with E-state index in [2.05, 4.69) is 5.32 Å². The lowest BCUT2D eigenvalue weighted by molar-refractivity contribution is -0.129. The molecule has 0 saturated carbocycles. The molecule has 1 aliphatic rings. The van der Waals surface area contributed by atoms with Crippen LogP contribution in [0.2, 0.25) is 5.02 Å². The summed E-state index contributed by atoms with van der Waals surface area (Å²) in [7, 11) is 0. The molecule has 3 rings (SSSR count). The summed E-state index contributed by atoms with van der Waals surface area (Å²) in [5.41, 5.74) is 4.07. The minimum Gasteiger partial charge on any atom is -0.361 e. The van der Waals surface area contributed by atoms with Crippen LogP contribution in [0, 0.1) is 0 Å². The highest BCUT2D eigenvalue weighted by Crippen LogP contribution is 2.33. The fourth-order valence-electron chi connectivity index (χ4n) is 3.23. The zero-order valence-electron chi connectivity index (χ0n) is 14.8. The number of hydrogen-bond donors (Lipinski definition) is 3. The minimum atomic E-state index is -0.390. The molecule has 3 N–H and O–H groups in total. The molecule has 1 aliphatic heterocycles. The molecule has 2 aromatic rings. The molecule has 0 aromatic heterocycles. The van der Waals surface area contributed by atoms with Crippen molar-refractivity contribution in [2.24, 2.45) is 0 Å². The molecule has 27 heavy (non-hydrogen) atoms. The first-order chi connectivity index (χ1) is 13.1. The van der Waals surface area contributed by atoms with Crippen LogP contribution in [-0.2, 0) is 4.79 Å². The Morgan fingerprint density at radius 1 is 1.11 bits per heavy atom. The Kier molecular flexibility index (Phi) is 6.32. The number of unbranched alkanes of at least 4 members (excludes halogenated alkanes) is 2. The van der Waals surface area contributed by atoms with E-state index in [4.69, 9.17) is 16.8 Å². The molecule has 2 amide bonds. The van der Waals surface area contributed by atoms with Crippen molar-refractivity contribution in [2.45, 2.75) is 31.8 Å². The van der Waals surface area contributed by atoms with E-state index in [-0.39, 0.29) is 18.5 Å². The highest BCUT2D eigenvalue weighted by molar-refractivity contribution is 6.30. The van der Waals surface area contributed by atoms with Gasteiger partial charge in [-0.2, -0.15) is 0 Å². The number of amides is 2. The van der Waals surface area contributed by atoms with Crippen molar-refractivity contribution in [2.75, 3.05) is 11.9 Å². The van der Waals surface area contributed by atoms with Crippen LogP contribution in [0.3, 0.4) is 0 Å². The van der Waals surface area contributed by atoms with Gasteiger partial charge in [0.1, 0.15) is 6.17 Å². The van der Waals surface area contributed by atoms with Crippen molar-refractivity contribution in [3.8, 4) is 0 Å². The van der Waals surface area contributed by atoms with Crippen LogP contribution < -0.4 is 10.8 Å². The molecule has 1 atom stereocenters. The van der Waals surface area contributed by atoms with Gasteiger partial charge in [0.25, 0.3) is 5.91 Å². The quantitative estimate of drug-likeness (QED) is 0.381. The molecule has 0 aliphatic carbocycles. The molecule has 1 unspecified atom stereocenters. The molecule has 0 fully saturated rings. The number of hydrogen-bond acceptors (Lipinski definition) is 4. The summed E-state index contributed by atoms with van der Waals surface area (Å²) in [6.07, 6.45) is 2.20. The Hall–Kier alpha value is -2.57. The first-order valence-electron chi connectivity index (χ1n) is 8.95. The lowest BCUT2D eigenvalue weighted by Gasteiger charge is -2.38. The van der Waals surface area contributed by atoms with E-state index in [1.807, 2.05) is 53.4 Å². The standard InChI is InChI=1S/C20H22ClN3O3/c21-15-11-9-14(10-12-15)19-22-17-7-4-3-6-16(17)20(26)24(19)13-5-1-2-8-18(25)23-27/h3-4,6-7,9-12,19,22,27H,1-2,5,8,13H2,(H,23,25). The van der Waals surface area contributed by atoms with Gasteiger partial charge in [-0.05, 0) is 42.7 Å². The van der Waals surface area contributed by atoms with Crippen LogP contribution in [-0.4, -0.2) is 28.5 Å². The molecule has 0 radical (unpaired) electrons. The van der Waals surface area contributed by atoms with Crippen molar-refractivity contribution in [3.05, 3.63) is 64.7 Å². The van der Waals surface area contributed by atoms with Gasteiger partial charge in [-0.3, -0.25) is 14.8 Å². The molecule has 2 aromatic carbocycles. The molecule has 7 heteroatoms. The van der Waals surface area contributed by atoms with Crippen molar-refractivity contribution in [1.82, 2.24) is 10.4 Å². The predicted molar refractivity (Wildman–Crippen MR) is 104 cm³/mol. The number of nitrogens with one attached hydrogen (secondary N) is 2. The largest absolute Gasteiger partial charge is 0.361 e. The molecule has 6 nitrogen and oxygen atoms in total. The number of benzene rings is 2. The van der Waals surface area contributed by atoms with Gasteiger partial charge in [-0.15, -0.1) is 0 Å². The maximum atomic E-state index is 13.0. The smallest absolute Gasteiger partial charge is 0.257 e. The van der Waals surface area contributed by atoms with Gasteiger partial charge < -0.3 is 10.2 Å². The fourth-order valence-corrected chi connectivity index (χ4v) is 3.36. The van der Waals surface area contributed by atoms with E-state index >= 15 is 0 Å². The number of para-hydroxylation sites is 1. The van der Waals surface area contributed by atoms with Crippen LogP contribution in [0.25, 0.3) is 0 Å². The average molecular weight is 388 g/mol. The number of carbonyl (C=O) groups excluding carboxylic acids is 2. The molecule has 0 bridgehead atoms. The second-order valence-electron chi connectivity index (χ2n) is 6.49. The first-order valence-corrected chi connectivity index (χ1v) is 9.33. The van der Waals surface area contributed by atoms with Gasteiger partial charge in [-0.25, -0.2) is 5.48 Å². The summed E-state index contributed by atoms with van der Waals surface area (Å²) in [6.45, 7) is 0.564. The normalized spacial score (nSPS) is 15.9. The van der Waals surface area contributed by atoms with Crippen LogP contribution in [0.4, 0.5) is 5.69 Å². The van der Waals surface area contributed by atoms with Crippen LogP contribution >= 0.6 is 11.6 Å². The lowest BCUT2D eigenvalue weighted by atomic mass is 10.0. The Labute approximate surface area is 163 Å². The Balaban J connectivity index is 1.74. The average Bonchev–Trinajstić information content (AvgIpc) is 2.69. The maximum Gasteiger partial charge on any atom is 0.257 e. The Morgan fingerprint density at radius 3 is 2.59 bits per heavy atom. The number of carbonyl (C=O) groups is 2. The minimum absolute atomic E-state index is 0.0163. The first kappa shape index (κ1) is 19.2. The highest BCUT2D eigenvalue weighted by Gasteiger charge is 2.32. The second-order valence-corrected chi connectivity index (χ2v) is 6.92. The number of rotatable bonds is 7. The monoisotopic (exact) mass is 387 g/mol. The third-order valence-electron chi connectivity index (χ3n) is 4.64. The van der Waals surface area contributed by atoms with E-state index in [0.29, 0.717) is 23.6 Å². The van der Waals surface area contributed by atoms with Gasteiger partial charge >= 0.3 is 0 Å². The zero-order chi connectivity index (χ0) is 19.2. The summed E-state index contributed by atoms with van der Waals surface area (Å²) in [5.74, 6) is -0.406. The lowest BCUT2D eigenvalue weighted by Crippen LogP contribution is -2.43. The van der Waals surface area contributed by atoms with E-state index in [0.717, 1.165) is 24.1 Å². The van der Waals surface area contributed by atoms with Crippen molar-refractivity contribution in [1.29, 1.82) is 0 Å². The van der Waals surface area contributed by atoms with Crippen LogP contribution in [0.1, 0.15) is 47.8 Å². The predicted octanol–water partition coefficient (Wildman–Crippen LogP) is 3.97. The molecular weight excluding hydrogens is 366 g/mol. The van der Waals surface area contributed by atoms with E-state index in [1.165, 1.54) is 0 Å². The van der Waals surface area contributed by atoms with Crippen LogP contribution in [0.15, 0.2) is 48.5 Å². The van der Waals surface area contributed by atoms with Crippen LogP contribution in [0.5, 0.6) is 0 Å². The third kappa shape index (κ3) is 4.59. The third-order valence-corrected chi connectivity index (χ3v) is 4.89. The summed E-state index contributed by atoms with van der Waals surface area (Å²) in [6, 6.07) is 14.9. The maximum absolute atomic E-state index is 13.0. The fraction of sp³-hybridized carbons (Fsp3) is 0.300. The number of fused-ring (bicyclic) bond motifs is 1. The van der Waals surface area contributed by atoms with Gasteiger partial charge in [0.05, 0.1) is 5.56 Å². The van der Waals surface area contributed by atoms with Gasteiger partial charge in [-0.1, -0.05) is 42.3 Å². The zero-order valence-corrected chi connectivity index (χ0v) is 15.6. The molecule has 0 saturated heterocycles. The highest BCUT2D eigenvalue weighted by atomic mass is 35.5. The molecule has 142 valence electrons. The van der Waals surface area contributed by atoms with E-state index in [1.54, 1.807) is 5.48 Å². The molecular formula is C20H22ClN3O3. The van der Waals surface area contributed by atoms with Crippen molar-refractivity contribution >= 4 is 29.1 Å². The summed E-state index contributed by atoms with van der Waals surface area (Å²) < 4.78 is 0. The van der Waals surface area contributed by atoms with E-state index in [9.17, 15) is 9.59 Å². The van der Waals surface area contributed by atoms with Crippen molar-refractivity contribution < 1.29 is 14.8 Å². The van der Waals surface area contributed by atoms with E-state index < -0.39 is 5.91 Å². The van der Waals surface area contributed by atoms with Gasteiger partial charge in [0.15, 0.2) is 0 Å². The summed E-state index contributed by atoms with van der Waals surface area (Å²) in [4.78, 5) is 25.9. The second kappa shape index (κ2) is 8.88. The summed E-state index contributed by atoms with van der Waals surface area (Å²) in [5, 5.41) is 12.6. The number of hydroxylamine groups is 1. The summed E-state index contributed by atoms with van der Waals surface area (Å²) >= 11 is 6.00. The number of nitrogens with zero attached hydrogens (tertiary/aromatic N) is 1. The number of anilines is 1. The topological polar surface area (TPSA) is 81.7 Å². The Bertz CT molecular complexity index is 810. The number of halogens is 1. The van der Waals surface area contributed by atoms with Crippen molar-refractivity contribution in [3.63, 3.8) is 0 Å². The van der Waals surface area contributed by atoms with Gasteiger partial charge in [0.2, 0.25) is 5.91 Å². The SMILES string of the molecule is O=C(CCCCCN1C(=O)c2ccccc2NC1c1ccc(Cl)cc1)NO.